The third-order valence-corrected chi connectivity index (χ3v) is 1.99. The molecule has 0 amide bonds. The number of hydrogen-bond acceptors (Lipinski definition) is 8. The van der Waals surface area contributed by atoms with E-state index < -0.39 is 22.4 Å². The van der Waals surface area contributed by atoms with Crippen molar-refractivity contribution in [2.45, 2.75) is 77.8 Å². The molecule has 0 heterocycles. The van der Waals surface area contributed by atoms with Gasteiger partial charge in [0.1, 0.15) is 0 Å². The first-order chi connectivity index (χ1) is 12.2. The Labute approximate surface area is 193 Å². The predicted molar refractivity (Wildman–Crippen MR) is 113 cm³/mol. The molecule has 0 aliphatic carbocycles. The summed E-state index contributed by atoms with van der Waals surface area (Å²) in [7, 11) is 6.27. The van der Waals surface area contributed by atoms with Crippen molar-refractivity contribution >= 4 is 0 Å². The van der Waals surface area contributed by atoms with Crippen molar-refractivity contribution in [2.75, 3.05) is 54.9 Å². The second-order valence-electron chi connectivity index (χ2n) is 8.98. The second-order valence-corrected chi connectivity index (χ2v) is 8.98. The van der Waals surface area contributed by atoms with Crippen LogP contribution in [0, 0.1) is 0 Å². The molecule has 0 aromatic rings. The van der Waals surface area contributed by atoms with Gasteiger partial charge in [0, 0.05) is 50.2 Å². The molecule has 0 saturated heterocycles. The summed E-state index contributed by atoms with van der Waals surface area (Å²) in [5.41, 5.74) is -2.69. The fourth-order valence-corrected chi connectivity index (χ4v) is 1.41. The fraction of sp³-hybridized carbons (Fsp3) is 1.00. The molecule has 0 aliphatic rings. The number of rotatable bonds is 8. The van der Waals surface area contributed by atoms with Gasteiger partial charge in [-0.15, -0.1) is 0 Å². The Morgan fingerprint density at radius 1 is 0.414 bits per heavy atom. The number of hydrogen-bond donors (Lipinski definition) is 4. The van der Waals surface area contributed by atoms with Crippen LogP contribution in [-0.4, -0.2) is 97.7 Å². The van der Waals surface area contributed by atoms with Crippen molar-refractivity contribution in [3.8, 4) is 0 Å². The van der Waals surface area contributed by atoms with E-state index >= 15 is 0 Å². The Balaban J connectivity index is -0.0000000873. The van der Waals surface area contributed by atoms with Crippen LogP contribution >= 0.6 is 0 Å². The van der Waals surface area contributed by atoms with E-state index in [1.165, 1.54) is 0 Å². The van der Waals surface area contributed by atoms with Crippen molar-refractivity contribution in [2.24, 2.45) is 0 Å². The first-order valence-electron chi connectivity index (χ1n) is 9.10. The fourth-order valence-electron chi connectivity index (χ4n) is 1.41. The Hall–Kier alpha value is 0.394. The molecule has 180 valence electrons. The van der Waals surface area contributed by atoms with Gasteiger partial charge < -0.3 is 39.4 Å². The molecule has 8 nitrogen and oxygen atoms in total. The summed E-state index contributed by atoms with van der Waals surface area (Å²) in [6.07, 6.45) is 0. The summed E-state index contributed by atoms with van der Waals surface area (Å²) in [4.78, 5) is 0. The molecule has 0 saturated carbocycles. The minimum absolute atomic E-state index is 0. The third kappa shape index (κ3) is 73.6. The van der Waals surface area contributed by atoms with Crippen LogP contribution in [-0.2, 0) is 40.7 Å². The van der Waals surface area contributed by atoms with Crippen LogP contribution in [0.1, 0.15) is 55.4 Å². The molecule has 4 N–H and O–H groups in total. The summed E-state index contributed by atoms with van der Waals surface area (Å²) in [6, 6.07) is 0. The molecule has 29 heavy (non-hydrogen) atoms. The second kappa shape index (κ2) is 20.3. The molecule has 0 spiro atoms. The molecular weight excluding hydrogens is 416 g/mol. The van der Waals surface area contributed by atoms with E-state index in [9.17, 15) is 0 Å². The van der Waals surface area contributed by atoms with E-state index in [-0.39, 0.29) is 21.7 Å². The van der Waals surface area contributed by atoms with Gasteiger partial charge in [0.25, 0.3) is 0 Å². The average Bonchev–Trinajstić information content (AvgIpc) is 2.34. The molecular formula is C20H48O8Ti. The van der Waals surface area contributed by atoms with Crippen molar-refractivity contribution in [3.05, 3.63) is 0 Å². The van der Waals surface area contributed by atoms with Gasteiger partial charge in [-0.3, -0.25) is 0 Å². The average molecular weight is 464 g/mol. The minimum Gasteiger partial charge on any atom is -0.388 e. The predicted octanol–water partition coefficient (Wildman–Crippen LogP) is 1.61. The maximum absolute atomic E-state index is 8.89. The van der Waals surface area contributed by atoms with Gasteiger partial charge in [-0.25, -0.2) is 0 Å². The topological polar surface area (TPSA) is 118 Å². The molecule has 0 rings (SSSR count). The van der Waals surface area contributed by atoms with Gasteiger partial charge in [0.15, 0.2) is 0 Å². The molecule has 0 atom stereocenters. The summed E-state index contributed by atoms with van der Waals surface area (Å²) in [5.74, 6) is 0. The van der Waals surface area contributed by atoms with Crippen LogP contribution in [0.2, 0.25) is 0 Å². The zero-order valence-corrected chi connectivity index (χ0v) is 22.3. The quantitative estimate of drug-likeness (QED) is 0.401. The van der Waals surface area contributed by atoms with E-state index in [2.05, 4.69) is 18.9 Å². The van der Waals surface area contributed by atoms with Crippen molar-refractivity contribution in [1.29, 1.82) is 0 Å². The van der Waals surface area contributed by atoms with E-state index in [4.69, 9.17) is 20.4 Å². The zero-order chi connectivity index (χ0) is 23.7. The summed E-state index contributed by atoms with van der Waals surface area (Å²) >= 11 is 0. The molecule has 9 heteroatoms. The van der Waals surface area contributed by atoms with Crippen molar-refractivity contribution in [1.82, 2.24) is 0 Å². The molecule has 0 aliphatic heterocycles. The smallest absolute Gasteiger partial charge is 0.0824 e. The summed E-state index contributed by atoms with van der Waals surface area (Å²) < 4.78 is 18.6. The van der Waals surface area contributed by atoms with E-state index in [0.717, 1.165) is 0 Å². The Morgan fingerprint density at radius 2 is 0.517 bits per heavy atom. The molecule has 0 aromatic carbocycles. The van der Waals surface area contributed by atoms with Crippen LogP contribution in [0.5, 0.6) is 0 Å². The largest absolute Gasteiger partial charge is 0.388 e. The van der Waals surface area contributed by atoms with Gasteiger partial charge in [0.2, 0.25) is 0 Å². The number of methoxy groups -OCH3 is 4. The van der Waals surface area contributed by atoms with E-state index in [1.54, 1.807) is 83.8 Å². The van der Waals surface area contributed by atoms with E-state index in [0.29, 0.717) is 26.4 Å². The van der Waals surface area contributed by atoms with Crippen LogP contribution in [0.15, 0.2) is 0 Å². The maximum Gasteiger partial charge on any atom is 0.0824 e. The monoisotopic (exact) mass is 464 g/mol. The van der Waals surface area contributed by atoms with E-state index in [1.807, 2.05) is 0 Å². The zero-order valence-electron chi connectivity index (χ0n) is 20.8. The van der Waals surface area contributed by atoms with Gasteiger partial charge in [-0.05, 0) is 55.4 Å². The molecule has 0 bridgehead atoms. The van der Waals surface area contributed by atoms with Crippen LogP contribution in [0.3, 0.4) is 0 Å². The first kappa shape index (κ1) is 39.8. The third-order valence-electron chi connectivity index (χ3n) is 1.99. The van der Waals surface area contributed by atoms with Gasteiger partial charge >= 0.3 is 0 Å². The Morgan fingerprint density at radius 3 is 0.517 bits per heavy atom. The summed E-state index contributed by atoms with van der Waals surface area (Å²) in [5, 5.41) is 35.6. The molecule has 0 fully saturated rings. The standard InChI is InChI=1S/4C5H12O2.Ti/c4*1-5(2,6)4-7-3;/h4*6H,4H2,1-3H3;. The molecule has 0 radical (unpaired) electrons. The number of aliphatic hydroxyl groups is 4. The minimum atomic E-state index is -0.672. The van der Waals surface area contributed by atoms with Crippen LogP contribution in [0.25, 0.3) is 0 Å². The SMILES string of the molecule is COCC(C)(C)O.COCC(C)(C)O.COCC(C)(C)O.COCC(C)(C)O.[Ti]. The van der Waals surface area contributed by atoms with Crippen molar-refractivity contribution in [3.63, 3.8) is 0 Å². The van der Waals surface area contributed by atoms with Gasteiger partial charge in [0.05, 0.1) is 48.8 Å². The van der Waals surface area contributed by atoms with Crippen LogP contribution < -0.4 is 0 Å². The maximum atomic E-state index is 8.89. The number of ether oxygens (including phenoxy) is 4. The van der Waals surface area contributed by atoms with Gasteiger partial charge in [-0.2, -0.15) is 0 Å². The van der Waals surface area contributed by atoms with Crippen LogP contribution in [0.4, 0.5) is 0 Å². The Kier molecular flexibility index (Phi) is 27.9. The first-order valence-corrected chi connectivity index (χ1v) is 9.10. The van der Waals surface area contributed by atoms with Gasteiger partial charge in [-0.1, -0.05) is 0 Å². The molecule has 0 aromatic heterocycles. The Bertz CT molecular complexity index is 248. The molecule has 0 unspecified atom stereocenters. The normalized spacial score (nSPS) is 11.6. The van der Waals surface area contributed by atoms with Crippen molar-refractivity contribution < 1.29 is 61.1 Å². The summed E-state index contributed by atoms with van der Waals surface area (Å²) in [6.45, 7) is 15.2.